The number of carbonyl (C=O) groups is 1. The summed E-state index contributed by atoms with van der Waals surface area (Å²) >= 11 is 5.19. The topological polar surface area (TPSA) is 37.3 Å². The number of hydrogen-bond acceptors (Lipinski definition) is 1. The first-order chi connectivity index (χ1) is 4.00. The van der Waals surface area contributed by atoms with E-state index >= 15 is 0 Å². The van der Waals surface area contributed by atoms with Crippen LogP contribution in [0.5, 0.6) is 0 Å². The van der Waals surface area contributed by atoms with Crippen molar-refractivity contribution in [3.63, 3.8) is 0 Å². The van der Waals surface area contributed by atoms with Gasteiger partial charge in [0.15, 0.2) is 0 Å². The van der Waals surface area contributed by atoms with E-state index in [-0.39, 0.29) is 0 Å². The maximum atomic E-state index is 10.3. The lowest BCUT2D eigenvalue weighted by molar-refractivity contribution is -0.144. The van der Waals surface area contributed by atoms with Crippen LogP contribution in [-0.4, -0.2) is 11.1 Å². The van der Waals surface area contributed by atoms with Crippen molar-refractivity contribution in [2.24, 2.45) is 5.41 Å². The van der Waals surface area contributed by atoms with Gasteiger partial charge in [-0.3, -0.25) is 4.79 Å². The summed E-state index contributed by atoms with van der Waals surface area (Å²) in [5, 5.41) is 8.46. The number of aliphatic carboxylic acids is 1. The molecule has 0 heterocycles. The highest BCUT2D eigenvalue weighted by atomic mass is 35.5. The van der Waals surface area contributed by atoms with E-state index in [4.69, 9.17) is 16.7 Å². The lowest BCUT2D eigenvalue weighted by atomic mass is 9.95. The first-order valence-corrected chi connectivity index (χ1v) is 2.95. The van der Waals surface area contributed by atoms with E-state index in [1.165, 1.54) is 11.6 Å². The van der Waals surface area contributed by atoms with E-state index in [0.717, 1.165) is 0 Å². The average molecular weight is 149 g/mol. The normalized spacial score (nSPS) is 12.3. The smallest absolute Gasteiger partial charge is 0.312 e. The standard InChI is InChI=1S/C6H9ClO2/c1-6(2,3-4-7)5(8)9/h3-4H,1-2H3,(H,8,9)/b4-3-. The second-order valence-electron chi connectivity index (χ2n) is 2.32. The van der Waals surface area contributed by atoms with Gasteiger partial charge in [0.25, 0.3) is 0 Å². The average Bonchev–Trinajstić information content (AvgIpc) is 1.65. The molecule has 52 valence electrons. The Balaban J connectivity index is 4.19. The number of halogens is 1. The molecule has 0 fully saturated rings. The van der Waals surface area contributed by atoms with Gasteiger partial charge in [-0.1, -0.05) is 17.7 Å². The van der Waals surface area contributed by atoms with Crippen molar-refractivity contribution < 1.29 is 9.90 Å². The van der Waals surface area contributed by atoms with E-state index in [2.05, 4.69) is 0 Å². The van der Waals surface area contributed by atoms with Crippen LogP contribution in [0.3, 0.4) is 0 Å². The summed E-state index contributed by atoms with van der Waals surface area (Å²) in [5.41, 5.74) is 0.371. The summed E-state index contributed by atoms with van der Waals surface area (Å²) < 4.78 is 0. The van der Waals surface area contributed by atoms with Crippen LogP contribution in [-0.2, 0) is 4.79 Å². The number of carboxylic acids is 1. The summed E-state index contributed by atoms with van der Waals surface area (Å²) in [6, 6.07) is 0. The van der Waals surface area contributed by atoms with Gasteiger partial charge < -0.3 is 5.11 Å². The molecule has 0 bridgehead atoms. The third-order valence-electron chi connectivity index (χ3n) is 1.03. The fraction of sp³-hybridized carbons (Fsp3) is 0.500. The molecule has 2 nitrogen and oxygen atoms in total. The maximum absolute atomic E-state index is 10.3. The molecule has 0 aliphatic carbocycles. The fourth-order valence-corrected chi connectivity index (χ4v) is 0.544. The summed E-state index contributed by atoms with van der Waals surface area (Å²) in [4.78, 5) is 10.3. The summed E-state index contributed by atoms with van der Waals surface area (Å²) in [6.07, 6.45) is 1.43. The predicted octanol–water partition coefficient (Wildman–Crippen LogP) is 1.85. The lowest BCUT2D eigenvalue weighted by Gasteiger charge is -2.11. The van der Waals surface area contributed by atoms with Crippen LogP contribution in [0.15, 0.2) is 11.6 Å². The highest BCUT2D eigenvalue weighted by molar-refractivity contribution is 6.25. The summed E-state index contributed by atoms with van der Waals surface area (Å²) in [7, 11) is 0. The second-order valence-corrected chi connectivity index (χ2v) is 2.57. The van der Waals surface area contributed by atoms with Gasteiger partial charge in [0, 0.05) is 5.54 Å². The molecule has 0 saturated carbocycles. The Morgan fingerprint density at radius 3 is 2.22 bits per heavy atom. The van der Waals surface area contributed by atoms with E-state index in [0.29, 0.717) is 0 Å². The van der Waals surface area contributed by atoms with Crippen molar-refractivity contribution >= 4 is 17.6 Å². The van der Waals surface area contributed by atoms with Crippen LogP contribution in [0.2, 0.25) is 0 Å². The van der Waals surface area contributed by atoms with Gasteiger partial charge in [-0.2, -0.15) is 0 Å². The molecule has 0 aliphatic rings. The van der Waals surface area contributed by atoms with Crippen molar-refractivity contribution in [1.29, 1.82) is 0 Å². The molecule has 9 heavy (non-hydrogen) atoms. The highest BCUT2D eigenvalue weighted by Gasteiger charge is 2.22. The van der Waals surface area contributed by atoms with E-state index in [1.807, 2.05) is 0 Å². The van der Waals surface area contributed by atoms with Crippen LogP contribution >= 0.6 is 11.6 Å². The molecule has 0 aliphatic heterocycles. The van der Waals surface area contributed by atoms with Crippen molar-refractivity contribution in [3.05, 3.63) is 11.6 Å². The Kier molecular flexibility index (Phi) is 2.71. The SMILES string of the molecule is CC(C)(/C=C\Cl)C(=O)O. The van der Waals surface area contributed by atoms with Gasteiger partial charge in [0.1, 0.15) is 0 Å². The molecule has 0 amide bonds. The zero-order chi connectivity index (χ0) is 7.49. The van der Waals surface area contributed by atoms with Gasteiger partial charge >= 0.3 is 5.97 Å². The van der Waals surface area contributed by atoms with Crippen LogP contribution in [0.4, 0.5) is 0 Å². The second kappa shape index (κ2) is 2.87. The molecule has 0 unspecified atom stereocenters. The van der Waals surface area contributed by atoms with E-state index in [1.54, 1.807) is 13.8 Å². The van der Waals surface area contributed by atoms with Crippen molar-refractivity contribution in [1.82, 2.24) is 0 Å². The van der Waals surface area contributed by atoms with Crippen molar-refractivity contribution in [3.8, 4) is 0 Å². The fourth-order valence-electron chi connectivity index (χ4n) is 0.229. The molecule has 3 heteroatoms. The van der Waals surface area contributed by atoms with Crippen LogP contribution in [0.25, 0.3) is 0 Å². The van der Waals surface area contributed by atoms with Crippen LogP contribution < -0.4 is 0 Å². The van der Waals surface area contributed by atoms with Crippen molar-refractivity contribution in [2.45, 2.75) is 13.8 Å². The van der Waals surface area contributed by atoms with Gasteiger partial charge in [-0.15, -0.1) is 0 Å². The highest BCUT2D eigenvalue weighted by Crippen LogP contribution is 2.16. The molecule has 0 rings (SSSR count). The minimum atomic E-state index is -0.876. The quantitative estimate of drug-likeness (QED) is 0.649. The molecule has 0 radical (unpaired) electrons. The molecule has 0 atom stereocenters. The third kappa shape index (κ3) is 2.51. The molecular weight excluding hydrogens is 140 g/mol. The maximum Gasteiger partial charge on any atom is 0.312 e. The van der Waals surface area contributed by atoms with Gasteiger partial charge in [0.2, 0.25) is 0 Å². The van der Waals surface area contributed by atoms with E-state index in [9.17, 15) is 4.79 Å². The van der Waals surface area contributed by atoms with Crippen molar-refractivity contribution in [2.75, 3.05) is 0 Å². The Bertz CT molecular complexity index is 138. The monoisotopic (exact) mass is 148 g/mol. The minimum Gasteiger partial charge on any atom is -0.481 e. The number of carboxylic acid groups (broad SMARTS) is 1. The Morgan fingerprint density at radius 2 is 2.11 bits per heavy atom. The molecule has 0 aromatic carbocycles. The molecular formula is C6H9ClO2. The Labute approximate surface area is 59.1 Å². The zero-order valence-electron chi connectivity index (χ0n) is 5.39. The Hall–Kier alpha value is -0.500. The molecule has 1 N–H and O–H groups in total. The van der Waals surface area contributed by atoms with Crippen LogP contribution in [0.1, 0.15) is 13.8 Å². The first kappa shape index (κ1) is 8.50. The molecule has 0 aromatic heterocycles. The predicted molar refractivity (Wildman–Crippen MR) is 36.4 cm³/mol. The molecule has 0 spiro atoms. The summed E-state index contributed by atoms with van der Waals surface area (Å²) in [5.74, 6) is -0.876. The number of hydrogen-bond donors (Lipinski definition) is 1. The van der Waals surface area contributed by atoms with E-state index < -0.39 is 11.4 Å². The molecule has 0 aromatic rings. The largest absolute Gasteiger partial charge is 0.481 e. The third-order valence-corrected chi connectivity index (χ3v) is 1.16. The Morgan fingerprint density at radius 1 is 1.67 bits per heavy atom. The lowest BCUT2D eigenvalue weighted by Crippen LogP contribution is -2.20. The van der Waals surface area contributed by atoms with Gasteiger partial charge in [0.05, 0.1) is 5.41 Å². The van der Waals surface area contributed by atoms with Gasteiger partial charge in [-0.25, -0.2) is 0 Å². The number of rotatable bonds is 2. The zero-order valence-corrected chi connectivity index (χ0v) is 6.14. The minimum absolute atomic E-state index is 0.845. The van der Waals surface area contributed by atoms with Crippen LogP contribution in [0, 0.1) is 5.41 Å². The molecule has 0 saturated heterocycles. The first-order valence-electron chi connectivity index (χ1n) is 2.52. The summed E-state index contributed by atoms with van der Waals surface area (Å²) in [6.45, 7) is 3.16. The van der Waals surface area contributed by atoms with Gasteiger partial charge in [-0.05, 0) is 13.8 Å².